The normalized spacial score (nSPS) is 12.4. The van der Waals surface area contributed by atoms with E-state index in [1.165, 1.54) is 4.57 Å². The lowest BCUT2D eigenvalue weighted by Gasteiger charge is -2.11. The molecule has 2 aromatic heterocycles. The third-order valence-corrected chi connectivity index (χ3v) is 3.03. The second kappa shape index (κ2) is 5.17. The van der Waals surface area contributed by atoms with E-state index in [1.54, 1.807) is 25.4 Å². The average Bonchev–Trinajstić information content (AvgIpc) is 2.42. The Morgan fingerprint density at radius 3 is 2.95 bits per heavy atom. The minimum absolute atomic E-state index is 0.00333. The number of aromatic nitrogens is 3. The molecule has 2 rings (SSSR count). The molecule has 1 amide bonds. The van der Waals surface area contributed by atoms with Crippen molar-refractivity contribution in [3.8, 4) is 0 Å². The van der Waals surface area contributed by atoms with Crippen molar-refractivity contribution in [3.63, 3.8) is 0 Å². The molecule has 0 radical (unpaired) electrons. The number of fused-ring (bicyclic) bond motifs is 1. The van der Waals surface area contributed by atoms with Crippen molar-refractivity contribution < 1.29 is 4.79 Å². The van der Waals surface area contributed by atoms with Crippen molar-refractivity contribution in [3.05, 3.63) is 34.4 Å². The fourth-order valence-electron chi connectivity index (χ4n) is 1.70. The van der Waals surface area contributed by atoms with Gasteiger partial charge < -0.3 is 5.32 Å². The largest absolute Gasteiger partial charge is 0.348 e. The van der Waals surface area contributed by atoms with Crippen LogP contribution in [0.1, 0.15) is 30.8 Å². The molecule has 0 aliphatic heterocycles. The van der Waals surface area contributed by atoms with Crippen molar-refractivity contribution in [2.24, 2.45) is 7.05 Å². The predicted octanol–water partition coefficient (Wildman–Crippen LogP) is 0.857. The molecule has 0 fully saturated rings. The molecular formula is C13H16N4O2. The van der Waals surface area contributed by atoms with Gasteiger partial charge in [-0.3, -0.25) is 14.2 Å². The van der Waals surface area contributed by atoms with E-state index < -0.39 is 11.5 Å². The molecule has 0 aliphatic carbocycles. The molecule has 2 heterocycles. The van der Waals surface area contributed by atoms with Gasteiger partial charge in [0.1, 0.15) is 5.52 Å². The lowest BCUT2D eigenvalue weighted by Crippen LogP contribution is -2.38. The van der Waals surface area contributed by atoms with Crippen molar-refractivity contribution in [2.45, 2.75) is 26.3 Å². The van der Waals surface area contributed by atoms with Gasteiger partial charge in [-0.15, -0.1) is 0 Å². The standard InChI is InChI=1S/C13H16N4O2/c1-4-8(2)15-12(18)10-13(19)17(3)11-9(16-10)6-5-7-14-11/h5-8H,4H2,1-3H3,(H,15,18)/t8-/m1/s1. The summed E-state index contributed by atoms with van der Waals surface area (Å²) in [7, 11) is 1.58. The molecule has 1 atom stereocenters. The SMILES string of the molecule is CC[C@@H](C)NC(=O)c1nc2cccnc2n(C)c1=O. The zero-order valence-electron chi connectivity index (χ0n) is 11.2. The third kappa shape index (κ3) is 2.47. The van der Waals surface area contributed by atoms with Crippen LogP contribution in [0.3, 0.4) is 0 Å². The number of hydrogen-bond donors (Lipinski definition) is 1. The first kappa shape index (κ1) is 13.2. The van der Waals surface area contributed by atoms with Crippen molar-refractivity contribution >= 4 is 17.1 Å². The monoisotopic (exact) mass is 260 g/mol. The number of carbonyl (C=O) groups is 1. The van der Waals surface area contributed by atoms with Gasteiger partial charge in [-0.25, -0.2) is 9.97 Å². The molecule has 0 saturated heterocycles. The fourth-order valence-corrected chi connectivity index (χ4v) is 1.70. The number of pyridine rings is 1. The molecule has 100 valence electrons. The summed E-state index contributed by atoms with van der Waals surface area (Å²) in [5.41, 5.74) is 0.460. The maximum atomic E-state index is 12.1. The van der Waals surface area contributed by atoms with Gasteiger partial charge in [0.2, 0.25) is 0 Å². The van der Waals surface area contributed by atoms with E-state index in [9.17, 15) is 9.59 Å². The van der Waals surface area contributed by atoms with E-state index in [1.807, 2.05) is 13.8 Å². The van der Waals surface area contributed by atoms with Gasteiger partial charge >= 0.3 is 0 Å². The summed E-state index contributed by atoms with van der Waals surface area (Å²) < 4.78 is 1.34. The Kier molecular flexibility index (Phi) is 3.59. The Balaban J connectivity index is 2.53. The number of nitrogens with zero attached hydrogens (tertiary/aromatic N) is 3. The molecule has 0 bridgehead atoms. The molecule has 2 aromatic rings. The van der Waals surface area contributed by atoms with Crippen molar-refractivity contribution in [1.82, 2.24) is 19.9 Å². The van der Waals surface area contributed by atoms with Gasteiger partial charge in [-0.05, 0) is 25.5 Å². The van der Waals surface area contributed by atoms with E-state index in [0.717, 1.165) is 6.42 Å². The Morgan fingerprint density at radius 2 is 2.26 bits per heavy atom. The Hall–Kier alpha value is -2.24. The van der Waals surface area contributed by atoms with Crippen LogP contribution in [0.4, 0.5) is 0 Å². The van der Waals surface area contributed by atoms with E-state index in [-0.39, 0.29) is 11.7 Å². The van der Waals surface area contributed by atoms with Gasteiger partial charge in [-0.2, -0.15) is 0 Å². The molecule has 0 aliphatic rings. The third-order valence-electron chi connectivity index (χ3n) is 3.03. The van der Waals surface area contributed by atoms with Crippen LogP contribution >= 0.6 is 0 Å². The summed E-state index contributed by atoms with van der Waals surface area (Å²) in [5.74, 6) is -0.444. The molecule has 6 heteroatoms. The van der Waals surface area contributed by atoms with Crippen molar-refractivity contribution in [1.29, 1.82) is 0 Å². The Labute approximate surface area is 110 Å². The van der Waals surface area contributed by atoms with Crippen LogP contribution < -0.4 is 10.9 Å². The van der Waals surface area contributed by atoms with Gasteiger partial charge in [0.15, 0.2) is 11.3 Å². The van der Waals surface area contributed by atoms with E-state index >= 15 is 0 Å². The first-order valence-electron chi connectivity index (χ1n) is 6.17. The van der Waals surface area contributed by atoms with Crippen LogP contribution in [0.15, 0.2) is 23.1 Å². The number of hydrogen-bond acceptors (Lipinski definition) is 4. The van der Waals surface area contributed by atoms with Crippen LogP contribution in [-0.2, 0) is 7.05 Å². The number of nitrogens with one attached hydrogen (secondary N) is 1. The summed E-state index contributed by atoms with van der Waals surface area (Å²) in [6.07, 6.45) is 2.38. The quantitative estimate of drug-likeness (QED) is 0.887. The second-order valence-electron chi connectivity index (χ2n) is 4.45. The van der Waals surface area contributed by atoms with Crippen LogP contribution in [-0.4, -0.2) is 26.5 Å². The summed E-state index contributed by atoms with van der Waals surface area (Å²) in [4.78, 5) is 32.3. The van der Waals surface area contributed by atoms with Crippen LogP contribution in [0.5, 0.6) is 0 Å². The highest BCUT2D eigenvalue weighted by molar-refractivity contribution is 5.93. The van der Waals surface area contributed by atoms with E-state index in [0.29, 0.717) is 11.2 Å². The van der Waals surface area contributed by atoms with Gasteiger partial charge in [0.05, 0.1) is 0 Å². The lowest BCUT2D eigenvalue weighted by atomic mass is 10.2. The minimum atomic E-state index is -0.444. The smallest absolute Gasteiger partial charge is 0.283 e. The minimum Gasteiger partial charge on any atom is -0.348 e. The Bertz CT molecular complexity index is 678. The van der Waals surface area contributed by atoms with Crippen LogP contribution in [0.2, 0.25) is 0 Å². The first-order valence-corrected chi connectivity index (χ1v) is 6.17. The lowest BCUT2D eigenvalue weighted by molar-refractivity contribution is 0.0932. The number of aryl methyl sites for hydroxylation is 1. The summed E-state index contributed by atoms with van der Waals surface area (Å²) in [6.45, 7) is 3.84. The topological polar surface area (TPSA) is 76.9 Å². The number of amides is 1. The molecule has 1 N–H and O–H groups in total. The maximum Gasteiger partial charge on any atom is 0.283 e. The molecule has 0 aromatic carbocycles. The first-order chi connectivity index (χ1) is 9.04. The fraction of sp³-hybridized carbons (Fsp3) is 0.385. The van der Waals surface area contributed by atoms with Gasteiger partial charge in [-0.1, -0.05) is 6.92 Å². The summed E-state index contributed by atoms with van der Waals surface area (Å²) in [6, 6.07) is 3.45. The van der Waals surface area contributed by atoms with E-state index in [2.05, 4.69) is 15.3 Å². The maximum absolute atomic E-state index is 12.1. The highest BCUT2D eigenvalue weighted by Gasteiger charge is 2.17. The average molecular weight is 260 g/mol. The Morgan fingerprint density at radius 1 is 1.53 bits per heavy atom. The zero-order chi connectivity index (χ0) is 14.0. The van der Waals surface area contributed by atoms with Gasteiger partial charge in [0, 0.05) is 19.3 Å². The van der Waals surface area contributed by atoms with Crippen LogP contribution in [0, 0.1) is 0 Å². The molecule has 0 saturated carbocycles. The molecule has 6 nitrogen and oxygen atoms in total. The number of carbonyl (C=O) groups excluding carboxylic acids is 1. The second-order valence-corrected chi connectivity index (χ2v) is 4.45. The summed E-state index contributed by atoms with van der Waals surface area (Å²) >= 11 is 0. The number of rotatable bonds is 3. The highest BCUT2D eigenvalue weighted by atomic mass is 16.2. The molecule has 0 spiro atoms. The molecule has 0 unspecified atom stereocenters. The highest BCUT2D eigenvalue weighted by Crippen LogP contribution is 2.05. The molecule has 19 heavy (non-hydrogen) atoms. The van der Waals surface area contributed by atoms with Crippen LogP contribution in [0.25, 0.3) is 11.2 Å². The van der Waals surface area contributed by atoms with E-state index in [4.69, 9.17) is 0 Å². The zero-order valence-corrected chi connectivity index (χ0v) is 11.2. The molecular weight excluding hydrogens is 244 g/mol. The van der Waals surface area contributed by atoms with Crippen molar-refractivity contribution in [2.75, 3.05) is 0 Å². The van der Waals surface area contributed by atoms with Gasteiger partial charge in [0.25, 0.3) is 11.5 Å². The summed E-state index contributed by atoms with van der Waals surface area (Å²) in [5, 5.41) is 2.74. The predicted molar refractivity (Wildman–Crippen MR) is 72.0 cm³/mol.